The number of hydrogen-bond donors (Lipinski definition) is 0. The highest BCUT2D eigenvalue weighted by atomic mass is 19.1. The molecule has 0 radical (unpaired) electrons. The van der Waals surface area contributed by atoms with Gasteiger partial charge in [-0.15, -0.1) is 0 Å². The average Bonchev–Trinajstić information content (AvgIpc) is 2.24. The van der Waals surface area contributed by atoms with Gasteiger partial charge < -0.3 is 9.64 Å². The summed E-state index contributed by atoms with van der Waals surface area (Å²) in [5.41, 5.74) is -0.0210. The Morgan fingerprint density at radius 1 is 1.44 bits per heavy atom. The molecule has 0 saturated heterocycles. The SMILES string of the molecule is CN(C)CCCOc1cccc(F)c1C#N. The number of benzene rings is 1. The molecule has 0 spiro atoms. The van der Waals surface area contributed by atoms with Crippen molar-refractivity contribution in [3.8, 4) is 11.8 Å². The largest absolute Gasteiger partial charge is 0.492 e. The maximum absolute atomic E-state index is 13.2. The summed E-state index contributed by atoms with van der Waals surface area (Å²) >= 11 is 0. The van der Waals surface area contributed by atoms with Gasteiger partial charge in [-0.1, -0.05) is 6.07 Å². The van der Waals surface area contributed by atoms with Gasteiger partial charge in [0.15, 0.2) is 0 Å². The summed E-state index contributed by atoms with van der Waals surface area (Å²) in [5, 5.41) is 8.77. The Labute approximate surface area is 95.1 Å². The number of nitriles is 1. The quantitative estimate of drug-likeness (QED) is 0.715. The van der Waals surface area contributed by atoms with E-state index in [1.54, 1.807) is 12.1 Å². The van der Waals surface area contributed by atoms with Crippen molar-refractivity contribution in [2.24, 2.45) is 0 Å². The van der Waals surface area contributed by atoms with E-state index in [0.717, 1.165) is 13.0 Å². The lowest BCUT2D eigenvalue weighted by molar-refractivity contribution is 0.280. The molecule has 0 amide bonds. The monoisotopic (exact) mass is 222 g/mol. The van der Waals surface area contributed by atoms with Crippen molar-refractivity contribution < 1.29 is 9.13 Å². The van der Waals surface area contributed by atoms with Crippen LogP contribution in [0, 0.1) is 17.1 Å². The highest BCUT2D eigenvalue weighted by molar-refractivity contribution is 5.43. The fraction of sp³-hybridized carbons (Fsp3) is 0.417. The van der Waals surface area contributed by atoms with Crippen molar-refractivity contribution in [1.29, 1.82) is 5.26 Å². The Hall–Kier alpha value is -1.60. The Morgan fingerprint density at radius 2 is 2.19 bits per heavy atom. The molecular formula is C12H15FN2O. The van der Waals surface area contributed by atoms with Gasteiger partial charge in [0.05, 0.1) is 6.61 Å². The average molecular weight is 222 g/mol. The third-order valence-corrected chi connectivity index (χ3v) is 2.09. The molecule has 16 heavy (non-hydrogen) atoms. The van der Waals surface area contributed by atoms with Crippen molar-refractivity contribution in [2.45, 2.75) is 6.42 Å². The number of nitrogens with zero attached hydrogens (tertiary/aromatic N) is 2. The predicted octanol–water partition coefficient (Wildman–Crippen LogP) is 2.03. The molecule has 0 heterocycles. The molecule has 0 N–H and O–H groups in total. The van der Waals surface area contributed by atoms with Crippen molar-refractivity contribution >= 4 is 0 Å². The molecular weight excluding hydrogens is 207 g/mol. The first-order valence-corrected chi connectivity index (χ1v) is 5.11. The van der Waals surface area contributed by atoms with Crippen molar-refractivity contribution in [2.75, 3.05) is 27.2 Å². The second-order valence-electron chi connectivity index (χ2n) is 3.73. The van der Waals surface area contributed by atoms with E-state index < -0.39 is 5.82 Å². The molecule has 0 bridgehead atoms. The molecule has 0 fully saturated rings. The maximum Gasteiger partial charge on any atom is 0.144 e. The molecule has 1 rings (SSSR count). The second kappa shape index (κ2) is 6.09. The van der Waals surface area contributed by atoms with Gasteiger partial charge in [0.25, 0.3) is 0 Å². The summed E-state index contributed by atoms with van der Waals surface area (Å²) in [6, 6.07) is 6.21. The molecule has 0 aliphatic heterocycles. The second-order valence-corrected chi connectivity index (χ2v) is 3.73. The third-order valence-electron chi connectivity index (χ3n) is 2.09. The van der Waals surface area contributed by atoms with Gasteiger partial charge in [-0.2, -0.15) is 5.26 Å². The highest BCUT2D eigenvalue weighted by Gasteiger charge is 2.08. The van der Waals surface area contributed by atoms with E-state index in [-0.39, 0.29) is 5.56 Å². The first-order valence-electron chi connectivity index (χ1n) is 5.11. The van der Waals surface area contributed by atoms with Crippen molar-refractivity contribution in [3.05, 3.63) is 29.6 Å². The predicted molar refractivity (Wildman–Crippen MR) is 59.8 cm³/mol. The van der Waals surface area contributed by atoms with Crippen LogP contribution < -0.4 is 4.74 Å². The van der Waals surface area contributed by atoms with Gasteiger partial charge in [-0.05, 0) is 32.6 Å². The van der Waals surface area contributed by atoms with Crippen LogP contribution in [0.2, 0.25) is 0 Å². The van der Waals surface area contributed by atoms with Crippen LogP contribution in [0.3, 0.4) is 0 Å². The smallest absolute Gasteiger partial charge is 0.144 e. The van der Waals surface area contributed by atoms with Crippen LogP contribution >= 0.6 is 0 Å². The lowest BCUT2D eigenvalue weighted by Gasteiger charge is -2.11. The van der Waals surface area contributed by atoms with Crippen LogP contribution in [-0.2, 0) is 0 Å². The lowest BCUT2D eigenvalue weighted by Crippen LogP contribution is -2.15. The van der Waals surface area contributed by atoms with Crippen LogP contribution in [0.25, 0.3) is 0 Å². The third kappa shape index (κ3) is 3.52. The van der Waals surface area contributed by atoms with Crippen LogP contribution in [-0.4, -0.2) is 32.1 Å². The molecule has 86 valence electrons. The summed E-state index contributed by atoms with van der Waals surface area (Å²) in [4.78, 5) is 2.04. The van der Waals surface area contributed by atoms with Gasteiger partial charge in [-0.3, -0.25) is 0 Å². The lowest BCUT2D eigenvalue weighted by atomic mass is 10.2. The van der Waals surface area contributed by atoms with E-state index in [9.17, 15) is 4.39 Å². The van der Waals surface area contributed by atoms with Gasteiger partial charge >= 0.3 is 0 Å². The van der Waals surface area contributed by atoms with Gasteiger partial charge in [0.2, 0.25) is 0 Å². The molecule has 0 unspecified atom stereocenters. The van der Waals surface area contributed by atoms with Crippen LogP contribution in [0.1, 0.15) is 12.0 Å². The zero-order valence-corrected chi connectivity index (χ0v) is 9.53. The number of rotatable bonds is 5. The van der Waals surface area contributed by atoms with E-state index in [4.69, 9.17) is 10.00 Å². The molecule has 0 aliphatic rings. The minimum absolute atomic E-state index is 0.0210. The molecule has 0 aliphatic carbocycles. The summed E-state index contributed by atoms with van der Waals surface area (Å²) in [6.07, 6.45) is 0.842. The zero-order valence-electron chi connectivity index (χ0n) is 9.53. The molecule has 4 heteroatoms. The van der Waals surface area contributed by atoms with E-state index in [1.165, 1.54) is 12.1 Å². The molecule has 0 atom stereocenters. The summed E-state index contributed by atoms with van der Waals surface area (Å²) in [5.74, 6) is -0.214. The highest BCUT2D eigenvalue weighted by Crippen LogP contribution is 2.20. The number of hydrogen-bond acceptors (Lipinski definition) is 3. The van der Waals surface area contributed by atoms with E-state index >= 15 is 0 Å². The molecule has 1 aromatic rings. The molecule has 1 aromatic carbocycles. The van der Waals surface area contributed by atoms with Gasteiger partial charge in [-0.25, -0.2) is 4.39 Å². The fourth-order valence-corrected chi connectivity index (χ4v) is 1.30. The Kier molecular flexibility index (Phi) is 4.74. The minimum Gasteiger partial charge on any atom is -0.492 e. The fourth-order valence-electron chi connectivity index (χ4n) is 1.30. The van der Waals surface area contributed by atoms with E-state index in [1.807, 2.05) is 19.0 Å². The van der Waals surface area contributed by atoms with Crippen molar-refractivity contribution in [3.63, 3.8) is 0 Å². The zero-order chi connectivity index (χ0) is 12.0. The number of halogens is 1. The molecule has 0 aromatic heterocycles. The van der Waals surface area contributed by atoms with Crippen molar-refractivity contribution in [1.82, 2.24) is 4.90 Å². The summed E-state index contributed by atoms with van der Waals surface area (Å²) < 4.78 is 18.5. The van der Waals surface area contributed by atoms with E-state index in [0.29, 0.717) is 12.4 Å². The van der Waals surface area contributed by atoms with Gasteiger partial charge in [0, 0.05) is 6.54 Å². The Morgan fingerprint density at radius 3 is 2.81 bits per heavy atom. The van der Waals surface area contributed by atoms with Crippen LogP contribution in [0.5, 0.6) is 5.75 Å². The maximum atomic E-state index is 13.2. The minimum atomic E-state index is -0.535. The standard InChI is InChI=1S/C12H15FN2O/c1-15(2)7-4-8-16-12-6-3-5-11(13)10(12)9-14/h3,5-6H,4,7-8H2,1-2H3. The van der Waals surface area contributed by atoms with E-state index in [2.05, 4.69) is 0 Å². The Bertz CT molecular complexity index is 385. The number of ether oxygens (including phenoxy) is 1. The Balaban J connectivity index is 2.54. The first-order chi connectivity index (χ1) is 7.65. The van der Waals surface area contributed by atoms with Crippen LogP contribution in [0.4, 0.5) is 4.39 Å². The normalized spacial score (nSPS) is 10.2. The molecule has 0 saturated carbocycles. The van der Waals surface area contributed by atoms with Crippen LogP contribution in [0.15, 0.2) is 18.2 Å². The summed E-state index contributed by atoms with van der Waals surface area (Å²) in [7, 11) is 3.95. The topological polar surface area (TPSA) is 36.3 Å². The summed E-state index contributed by atoms with van der Waals surface area (Å²) in [6.45, 7) is 1.38. The van der Waals surface area contributed by atoms with Gasteiger partial charge in [0.1, 0.15) is 23.2 Å². The molecule has 3 nitrogen and oxygen atoms in total. The first kappa shape index (κ1) is 12.5.